The minimum Gasteiger partial charge on any atom is -0.481 e. The molecule has 0 aliphatic heterocycles. The van der Waals surface area contributed by atoms with Crippen LogP contribution in [0.4, 0.5) is 5.69 Å². The summed E-state index contributed by atoms with van der Waals surface area (Å²) in [6.45, 7) is 5.25. The zero-order chi connectivity index (χ0) is 21.7. The monoisotopic (exact) mass is 419 g/mol. The molecule has 0 saturated heterocycles. The van der Waals surface area contributed by atoms with Crippen molar-refractivity contribution in [3.05, 3.63) is 57.6 Å². The highest BCUT2D eigenvalue weighted by atomic mass is 35.5. The fourth-order valence-electron chi connectivity index (χ4n) is 2.65. The third kappa shape index (κ3) is 5.26. The lowest BCUT2D eigenvalue weighted by Crippen LogP contribution is -2.31. The summed E-state index contributed by atoms with van der Waals surface area (Å²) < 4.78 is 15.1. The van der Waals surface area contributed by atoms with Gasteiger partial charge in [-0.25, -0.2) is 9.59 Å². The molecule has 2 aromatic rings. The Bertz CT molecular complexity index is 933. The van der Waals surface area contributed by atoms with Gasteiger partial charge < -0.3 is 19.5 Å². The maximum atomic E-state index is 12.6. The van der Waals surface area contributed by atoms with E-state index in [1.807, 2.05) is 13.8 Å². The summed E-state index contributed by atoms with van der Waals surface area (Å²) in [7, 11) is 2.46. The quantitative estimate of drug-likeness (QED) is 0.713. The van der Waals surface area contributed by atoms with Gasteiger partial charge >= 0.3 is 11.9 Å². The number of ether oxygens (including phenoxy) is 3. The molecular formula is C21H22ClNO6. The molecule has 2 aromatic carbocycles. The largest absolute Gasteiger partial charge is 0.481 e. The number of carbonyl (C=O) groups excluding carboxylic acids is 3. The number of hydrogen-bond donors (Lipinski definition) is 1. The third-order valence-electron chi connectivity index (χ3n) is 4.20. The van der Waals surface area contributed by atoms with Crippen molar-refractivity contribution in [2.75, 3.05) is 19.5 Å². The number of esters is 2. The van der Waals surface area contributed by atoms with Gasteiger partial charge in [0.1, 0.15) is 5.75 Å². The Labute approximate surface area is 173 Å². The maximum absolute atomic E-state index is 12.6. The van der Waals surface area contributed by atoms with Crippen LogP contribution in [0.5, 0.6) is 5.75 Å². The Hall–Kier alpha value is -3.06. The molecule has 0 aromatic heterocycles. The van der Waals surface area contributed by atoms with E-state index in [0.29, 0.717) is 10.8 Å². The number of hydrogen-bond acceptors (Lipinski definition) is 6. The Morgan fingerprint density at radius 2 is 1.55 bits per heavy atom. The summed E-state index contributed by atoms with van der Waals surface area (Å²) in [4.78, 5) is 36.4. The van der Waals surface area contributed by atoms with Crippen LogP contribution in [0, 0.1) is 13.8 Å². The number of anilines is 1. The first-order valence-electron chi connectivity index (χ1n) is 8.72. The van der Waals surface area contributed by atoms with Crippen LogP contribution in [0.15, 0.2) is 30.3 Å². The molecule has 0 heterocycles. The highest BCUT2D eigenvalue weighted by Crippen LogP contribution is 2.27. The minimum atomic E-state index is -0.887. The fourth-order valence-corrected chi connectivity index (χ4v) is 2.76. The summed E-state index contributed by atoms with van der Waals surface area (Å²) in [5.41, 5.74) is 2.04. The number of aryl methyl sites for hydroxylation is 2. The molecule has 0 saturated carbocycles. The summed E-state index contributed by atoms with van der Waals surface area (Å²) in [5, 5.41) is 3.24. The number of amides is 1. The Morgan fingerprint density at radius 3 is 2.10 bits per heavy atom. The van der Waals surface area contributed by atoms with Crippen LogP contribution in [-0.2, 0) is 14.3 Å². The van der Waals surface area contributed by atoms with Gasteiger partial charge in [0, 0.05) is 5.02 Å². The molecule has 0 aliphatic rings. The predicted molar refractivity (Wildman–Crippen MR) is 109 cm³/mol. The van der Waals surface area contributed by atoms with E-state index >= 15 is 0 Å². The van der Waals surface area contributed by atoms with Crippen molar-refractivity contribution >= 4 is 35.1 Å². The second-order valence-corrected chi connectivity index (χ2v) is 6.74. The first kappa shape index (κ1) is 22.2. The van der Waals surface area contributed by atoms with Gasteiger partial charge in [-0.15, -0.1) is 0 Å². The lowest BCUT2D eigenvalue weighted by Gasteiger charge is -2.17. The molecule has 154 valence electrons. The lowest BCUT2D eigenvalue weighted by molar-refractivity contribution is -0.122. The van der Waals surface area contributed by atoms with Crippen molar-refractivity contribution in [1.29, 1.82) is 0 Å². The van der Waals surface area contributed by atoms with Crippen LogP contribution in [0.2, 0.25) is 5.02 Å². The van der Waals surface area contributed by atoms with E-state index in [-0.39, 0.29) is 16.8 Å². The average Bonchev–Trinajstić information content (AvgIpc) is 2.70. The van der Waals surface area contributed by atoms with Gasteiger partial charge in [0.15, 0.2) is 6.10 Å². The summed E-state index contributed by atoms with van der Waals surface area (Å²) in [6, 6.07) is 7.60. The number of rotatable bonds is 6. The number of nitrogens with one attached hydrogen (secondary N) is 1. The van der Waals surface area contributed by atoms with Crippen LogP contribution in [0.25, 0.3) is 0 Å². The smallest absolute Gasteiger partial charge is 0.339 e. The molecule has 1 amide bonds. The average molecular weight is 420 g/mol. The van der Waals surface area contributed by atoms with E-state index in [4.69, 9.17) is 21.1 Å². The minimum absolute atomic E-state index is 0.0962. The molecule has 29 heavy (non-hydrogen) atoms. The van der Waals surface area contributed by atoms with Crippen molar-refractivity contribution in [3.63, 3.8) is 0 Å². The van der Waals surface area contributed by atoms with E-state index in [9.17, 15) is 14.4 Å². The summed E-state index contributed by atoms with van der Waals surface area (Å²) in [5.74, 6) is -1.28. The molecule has 8 heteroatoms. The molecule has 0 radical (unpaired) electrons. The molecular weight excluding hydrogens is 398 g/mol. The Balaban J connectivity index is 2.25. The van der Waals surface area contributed by atoms with Crippen molar-refractivity contribution in [1.82, 2.24) is 0 Å². The topological polar surface area (TPSA) is 90.9 Å². The van der Waals surface area contributed by atoms with E-state index in [0.717, 1.165) is 11.1 Å². The summed E-state index contributed by atoms with van der Waals surface area (Å²) >= 11 is 6.15. The second-order valence-electron chi connectivity index (χ2n) is 6.36. The van der Waals surface area contributed by atoms with Gasteiger partial charge in [-0.2, -0.15) is 0 Å². The van der Waals surface area contributed by atoms with Crippen LogP contribution >= 0.6 is 11.6 Å². The van der Waals surface area contributed by atoms with E-state index < -0.39 is 23.9 Å². The van der Waals surface area contributed by atoms with Crippen molar-refractivity contribution in [2.45, 2.75) is 26.9 Å². The van der Waals surface area contributed by atoms with Crippen molar-refractivity contribution < 1.29 is 28.6 Å². The van der Waals surface area contributed by atoms with Gasteiger partial charge in [0.05, 0.1) is 31.0 Å². The molecule has 1 atom stereocenters. The van der Waals surface area contributed by atoms with E-state index in [1.165, 1.54) is 32.4 Å². The van der Waals surface area contributed by atoms with Gasteiger partial charge in [0.2, 0.25) is 0 Å². The number of methoxy groups -OCH3 is 2. The van der Waals surface area contributed by atoms with E-state index in [1.54, 1.807) is 19.1 Å². The molecule has 1 unspecified atom stereocenters. The highest BCUT2D eigenvalue weighted by molar-refractivity contribution is 6.32. The predicted octanol–water partition coefficient (Wildman–Crippen LogP) is 3.94. The molecule has 0 bridgehead atoms. The van der Waals surface area contributed by atoms with Gasteiger partial charge in [-0.1, -0.05) is 11.6 Å². The SMILES string of the molecule is COC(=O)c1ccc(C(=O)OC)c(NC(=O)C(C)Oc2cc(C)c(Cl)c(C)c2)c1. The van der Waals surface area contributed by atoms with Crippen LogP contribution in [0.3, 0.4) is 0 Å². The number of carbonyl (C=O) groups is 3. The Kier molecular flexibility index (Phi) is 7.23. The standard InChI is InChI=1S/C21H22ClNO6/c1-11-8-15(9-12(2)18(11)22)29-13(3)19(24)23-17-10-14(20(25)27-4)6-7-16(17)21(26)28-5/h6-10,13H,1-5H3,(H,23,24). The van der Waals surface area contributed by atoms with Crippen LogP contribution < -0.4 is 10.1 Å². The van der Waals surface area contributed by atoms with Crippen LogP contribution in [0.1, 0.15) is 38.8 Å². The molecule has 0 aliphatic carbocycles. The lowest BCUT2D eigenvalue weighted by atomic mass is 10.1. The van der Waals surface area contributed by atoms with Crippen molar-refractivity contribution in [2.24, 2.45) is 0 Å². The normalized spacial score (nSPS) is 11.4. The van der Waals surface area contributed by atoms with Gasteiger partial charge in [-0.05, 0) is 62.2 Å². The second kappa shape index (κ2) is 9.43. The third-order valence-corrected chi connectivity index (χ3v) is 4.79. The zero-order valence-corrected chi connectivity index (χ0v) is 17.5. The number of benzene rings is 2. The van der Waals surface area contributed by atoms with Crippen LogP contribution in [-0.4, -0.2) is 38.2 Å². The molecule has 1 N–H and O–H groups in total. The highest BCUT2D eigenvalue weighted by Gasteiger charge is 2.21. The van der Waals surface area contributed by atoms with Gasteiger partial charge in [-0.3, -0.25) is 4.79 Å². The molecule has 0 fully saturated rings. The maximum Gasteiger partial charge on any atom is 0.339 e. The van der Waals surface area contributed by atoms with Gasteiger partial charge in [0.25, 0.3) is 5.91 Å². The van der Waals surface area contributed by atoms with Crippen molar-refractivity contribution in [3.8, 4) is 5.75 Å². The zero-order valence-electron chi connectivity index (χ0n) is 16.8. The van der Waals surface area contributed by atoms with E-state index in [2.05, 4.69) is 10.1 Å². The fraction of sp³-hybridized carbons (Fsp3) is 0.286. The number of halogens is 1. The first-order chi connectivity index (χ1) is 13.7. The summed E-state index contributed by atoms with van der Waals surface area (Å²) in [6.07, 6.45) is -0.887. The molecule has 2 rings (SSSR count). The first-order valence-corrected chi connectivity index (χ1v) is 9.10. The Morgan fingerprint density at radius 1 is 0.966 bits per heavy atom. The molecule has 0 spiro atoms. The molecule has 7 nitrogen and oxygen atoms in total.